The van der Waals surface area contributed by atoms with Gasteiger partial charge >= 0.3 is 0 Å². The zero-order valence-corrected chi connectivity index (χ0v) is 18.6. The number of carbonyl (C=O) groups excluding carboxylic acids is 1. The fourth-order valence-electron chi connectivity index (χ4n) is 4.24. The predicted molar refractivity (Wildman–Crippen MR) is 125 cm³/mol. The van der Waals surface area contributed by atoms with Gasteiger partial charge in [-0.05, 0) is 36.4 Å². The van der Waals surface area contributed by atoms with Crippen molar-refractivity contribution in [3.05, 3.63) is 71.5 Å². The van der Waals surface area contributed by atoms with Crippen LogP contribution in [0.15, 0.2) is 54.6 Å². The molecule has 0 saturated heterocycles. The normalized spacial score (nSPS) is 14.8. The molecule has 0 saturated carbocycles. The van der Waals surface area contributed by atoms with E-state index in [1.165, 1.54) is 0 Å². The minimum atomic E-state index is -0.622. The Bertz CT molecular complexity index is 1280. The summed E-state index contributed by atoms with van der Waals surface area (Å²) in [4.78, 5) is 17.7. The lowest BCUT2D eigenvalue weighted by molar-refractivity contribution is -0.00867. The molecule has 0 bridgehead atoms. The van der Waals surface area contributed by atoms with E-state index < -0.39 is 12.1 Å². The van der Waals surface area contributed by atoms with E-state index in [-0.39, 0.29) is 0 Å². The molecule has 5 rings (SSSR count). The molecule has 1 amide bonds. The van der Waals surface area contributed by atoms with E-state index in [1.807, 2.05) is 59.5 Å². The summed E-state index contributed by atoms with van der Waals surface area (Å²) in [5.41, 5.74) is 9.83. The van der Waals surface area contributed by atoms with Crippen LogP contribution >= 0.6 is 11.6 Å². The highest BCUT2D eigenvalue weighted by Crippen LogP contribution is 2.31. The van der Waals surface area contributed by atoms with Crippen LogP contribution in [0.1, 0.15) is 28.2 Å². The molecule has 2 aromatic heterocycles. The first-order valence-electron chi connectivity index (χ1n) is 10.8. The molecule has 4 aromatic rings. The number of imidazole rings is 1. The number of fused-ring (bicyclic) bond motifs is 3. The van der Waals surface area contributed by atoms with Crippen LogP contribution in [0.2, 0.25) is 0 Å². The van der Waals surface area contributed by atoms with Crippen LogP contribution in [0, 0.1) is 0 Å². The molecule has 1 aliphatic heterocycles. The van der Waals surface area contributed by atoms with Gasteiger partial charge in [0.25, 0.3) is 5.91 Å². The van der Waals surface area contributed by atoms with Crippen LogP contribution in [-0.2, 0) is 13.0 Å². The Balaban J connectivity index is 1.49. The summed E-state index contributed by atoms with van der Waals surface area (Å²) >= 11 is 5.80. The van der Waals surface area contributed by atoms with Crippen LogP contribution in [0.4, 0.5) is 0 Å². The molecule has 3 heterocycles. The number of hydrogen-bond acceptors (Lipinski definition) is 5. The number of nitrogens with one attached hydrogen (secondary N) is 1. The van der Waals surface area contributed by atoms with E-state index in [0.717, 1.165) is 22.7 Å². The van der Waals surface area contributed by atoms with Gasteiger partial charge in [-0.3, -0.25) is 9.69 Å². The predicted octanol–water partition coefficient (Wildman–Crippen LogP) is 3.53. The zero-order valence-electron chi connectivity index (χ0n) is 17.9. The van der Waals surface area contributed by atoms with Crippen LogP contribution in [0.25, 0.3) is 16.9 Å². The number of aliphatic hydroxyl groups is 1. The number of benzene rings is 2. The molecule has 170 valence electrons. The third kappa shape index (κ3) is 4.08. The highest BCUT2D eigenvalue weighted by atomic mass is 35.5. The van der Waals surface area contributed by atoms with Crippen molar-refractivity contribution >= 4 is 23.2 Å². The summed E-state index contributed by atoms with van der Waals surface area (Å²) in [7, 11) is 0. The van der Waals surface area contributed by atoms with Gasteiger partial charge in [0.05, 0.1) is 5.69 Å². The molecule has 9 heteroatoms. The number of amides is 1. The number of rotatable bonds is 7. The van der Waals surface area contributed by atoms with E-state index in [4.69, 9.17) is 27.2 Å². The van der Waals surface area contributed by atoms with Gasteiger partial charge in [0.1, 0.15) is 34.6 Å². The average Bonchev–Trinajstić information content (AvgIpc) is 3.36. The maximum absolute atomic E-state index is 12.4. The summed E-state index contributed by atoms with van der Waals surface area (Å²) in [6, 6.07) is 16.9. The number of primary amides is 1. The Morgan fingerprint density at radius 2 is 1.91 bits per heavy atom. The number of para-hydroxylation sites is 1. The number of aliphatic hydroxyl groups excluding tert-OH is 1. The summed E-state index contributed by atoms with van der Waals surface area (Å²) in [5, 5.41) is 15.1. The van der Waals surface area contributed by atoms with E-state index in [0.29, 0.717) is 54.5 Å². The summed E-state index contributed by atoms with van der Waals surface area (Å²) in [6.07, 6.45) is 0.568. The molecule has 33 heavy (non-hydrogen) atoms. The Hall–Kier alpha value is -3.33. The van der Waals surface area contributed by atoms with E-state index in [9.17, 15) is 9.90 Å². The first-order valence-corrected chi connectivity index (χ1v) is 11.3. The maximum Gasteiger partial charge on any atom is 0.254 e. The van der Waals surface area contributed by atoms with Crippen molar-refractivity contribution in [2.24, 2.45) is 5.73 Å². The molecular weight excluding hydrogens is 442 g/mol. The zero-order chi connectivity index (χ0) is 22.9. The quantitative estimate of drug-likeness (QED) is 0.362. The summed E-state index contributed by atoms with van der Waals surface area (Å²) in [5.74, 6) is 1.25. The number of hydrogen-bond donors (Lipinski definition) is 3. The number of ether oxygens (including phenoxy) is 1. The highest BCUT2D eigenvalue weighted by Gasteiger charge is 2.29. The lowest BCUT2D eigenvalue weighted by Crippen LogP contribution is -2.39. The molecule has 0 spiro atoms. The Labute approximate surface area is 195 Å². The number of aromatic amines is 1. The fourth-order valence-corrected chi connectivity index (χ4v) is 4.44. The number of halogens is 1. The van der Waals surface area contributed by atoms with Crippen LogP contribution in [0.5, 0.6) is 11.5 Å². The molecule has 4 N–H and O–H groups in total. The molecule has 0 radical (unpaired) electrons. The average molecular weight is 466 g/mol. The van der Waals surface area contributed by atoms with Crippen molar-refractivity contribution in [1.82, 2.24) is 19.5 Å². The van der Waals surface area contributed by atoms with Crippen molar-refractivity contribution in [3.8, 4) is 22.8 Å². The lowest BCUT2D eigenvalue weighted by Gasteiger charge is -2.30. The maximum atomic E-state index is 12.4. The summed E-state index contributed by atoms with van der Waals surface area (Å²) < 4.78 is 7.59. The molecule has 8 nitrogen and oxygen atoms in total. The van der Waals surface area contributed by atoms with Crippen LogP contribution in [-0.4, -0.2) is 49.2 Å². The van der Waals surface area contributed by atoms with Crippen molar-refractivity contribution in [2.75, 3.05) is 12.4 Å². The van der Waals surface area contributed by atoms with Crippen molar-refractivity contribution in [1.29, 1.82) is 0 Å². The van der Waals surface area contributed by atoms with Crippen LogP contribution in [0.3, 0.4) is 0 Å². The fraction of sp³-hybridized carbons (Fsp3) is 0.250. The van der Waals surface area contributed by atoms with Crippen molar-refractivity contribution < 1.29 is 14.6 Å². The van der Waals surface area contributed by atoms with Gasteiger partial charge in [0.2, 0.25) is 0 Å². The molecule has 1 atom stereocenters. The summed E-state index contributed by atoms with van der Waals surface area (Å²) in [6.45, 7) is 1.19. The minimum Gasteiger partial charge on any atom is -0.457 e. The van der Waals surface area contributed by atoms with Crippen molar-refractivity contribution in [2.45, 2.75) is 25.6 Å². The topological polar surface area (TPSA) is 109 Å². The number of nitrogens with two attached hydrogens (primary N) is 1. The number of alkyl halides is 1. The van der Waals surface area contributed by atoms with E-state index >= 15 is 0 Å². The van der Waals surface area contributed by atoms with Gasteiger partial charge in [-0.25, -0.2) is 4.52 Å². The highest BCUT2D eigenvalue weighted by molar-refractivity contribution is 6.17. The third-order valence-corrected chi connectivity index (χ3v) is 6.12. The van der Waals surface area contributed by atoms with E-state index in [2.05, 4.69) is 4.98 Å². The number of H-pyrrole nitrogens is 1. The molecule has 0 aliphatic carbocycles. The van der Waals surface area contributed by atoms with Gasteiger partial charge in [0, 0.05) is 43.1 Å². The monoisotopic (exact) mass is 465 g/mol. The molecule has 2 aromatic carbocycles. The van der Waals surface area contributed by atoms with Gasteiger partial charge in [-0.2, -0.15) is 5.10 Å². The number of nitrogens with zero attached hydrogens (tertiary/aromatic N) is 3. The third-order valence-electron chi connectivity index (χ3n) is 5.90. The first-order chi connectivity index (χ1) is 16.0. The van der Waals surface area contributed by atoms with Gasteiger partial charge in [-0.1, -0.05) is 18.2 Å². The standard InChI is InChI=1S/C24H24ClN5O3/c25-12-10-20(31)29-13-11-18-19(14-29)30-24(27-18)21(23(26)32)22(28-30)15-6-8-17(9-7-15)33-16-4-2-1-3-5-16/h1-9,20,27,31H,10-14H2,(H2,26,32). The Kier molecular flexibility index (Phi) is 5.80. The smallest absolute Gasteiger partial charge is 0.254 e. The van der Waals surface area contributed by atoms with Gasteiger partial charge in [-0.15, -0.1) is 11.6 Å². The second kappa shape index (κ2) is 8.90. The Morgan fingerprint density at radius 3 is 2.61 bits per heavy atom. The van der Waals surface area contributed by atoms with Crippen molar-refractivity contribution in [3.63, 3.8) is 0 Å². The largest absolute Gasteiger partial charge is 0.457 e. The van der Waals surface area contributed by atoms with Crippen LogP contribution < -0.4 is 10.5 Å². The molecular formula is C24H24ClN5O3. The van der Waals surface area contributed by atoms with Gasteiger partial charge in [0.15, 0.2) is 0 Å². The molecule has 1 aliphatic rings. The second-order valence-electron chi connectivity index (χ2n) is 8.02. The Morgan fingerprint density at radius 1 is 1.18 bits per heavy atom. The molecule has 1 unspecified atom stereocenters. The lowest BCUT2D eigenvalue weighted by atomic mass is 10.1. The number of aromatic nitrogens is 3. The minimum absolute atomic E-state index is 0.342. The molecule has 0 fully saturated rings. The van der Waals surface area contributed by atoms with Gasteiger partial charge < -0.3 is 20.6 Å². The number of carbonyl (C=O) groups is 1. The first kappa shape index (κ1) is 21.5. The SMILES string of the molecule is NC(=O)c1c(-c2ccc(Oc3ccccc3)cc2)nn2c3c([nH]c12)CCN(C(O)CCCl)C3. The van der Waals surface area contributed by atoms with E-state index in [1.54, 1.807) is 4.52 Å². The second-order valence-corrected chi connectivity index (χ2v) is 8.39.